The maximum absolute atomic E-state index is 6.33. The van der Waals surface area contributed by atoms with Crippen LogP contribution in [0.2, 0.25) is 5.02 Å². The molecule has 1 N–H and O–H groups in total. The first-order valence-electron chi connectivity index (χ1n) is 6.82. The van der Waals surface area contributed by atoms with E-state index in [1.54, 1.807) is 11.3 Å². The van der Waals surface area contributed by atoms with Crippen LogP contribution in [0.15, 0.2) is 35.7 Å². The number of hydrogen-bond donors (Lipinski definition) is 1. The molecule has 0 aliphatic carbocycles. The summed E-state index contributed by atoms with van der Waals surface area (Å²) in [4.78, 5) is 1.22. The summed E-state index contributed by atoms with van der Waals surface area (Å²) in [5.41, 5.74) is 2.74. The molecule has 0 spiro atoms. The standard InChI is InChI=1S/C16H20ClNS/c1-3-10-18-15(16-14(17)9-11-19-16)13-8-6-5-7-12(13)4-2/h5-9,11,15,18H,3-4,10H2,1-2H3. The van der Waals surface area contributed by atoms with Crippen LogP contribution in [0.25, 0.3) is 0 Å². The van der Waals surface area contributed by atoms with E-state index in [1.165, 1.54) is 16.0 Å². The van der Waals surface area contributed by atoms with E-state index in [2.05, 4.69) is 48.8 Å². The first kappa shape index (κ1) is 14.6. The van der Waals surface area contributed by atoms with E-state index >= 15 is 0 Å². The minimum absolute atomic E-state index is 0.212. The Morgan fingerprint density at radius 1 is 1.21 bits per heavy atom. The first-order chi connectivity index (χ1) is 9.27. The molecule has 2 rings (SSSR count). The van der Waals surface area contributed by atoms with Gasteiger partial charge in [0.25, 0.3) is 0 Å². The number of nitrogens with one attached hydrogen (secondary N) is 1. The summed E-state index contributed by atoms with van der Waals surface area (Å²) in [6, 6.07) is 10.8. The largest absolute Gasteiger partial charge is 0.306 e. The lowest BCUT2D eigenvalue weighted by Gasteiger charge is -2.21. The molecule has 1 nitrogen and oxygen atoms in total. The molecule has 19 heavy (non-hydrogen) atoms. The third-order valence-electron chi connectivity index (χ3n) is 3.25. The van der Waals surface area contributed by atoms with E-state index in [0.29, 0.717) is 0 Å². The molecule has 1 unspecified atom stereocenters. The zero-order chi connectivity index (χ0) is 13.7. The minimum Gasteiger partial charge on any atom is -0.306 e. The number of halogens is 1. The summed E-state index contributed by atoms with van der Waals surface area (Å²) in [6.07, 6.45) is 2.16. The van der Waals surface area contributed by atoms with Gasteiger partial charge in [0.05, 0.1) is 11.1 Å². The molecule has 2 aromatic rings. The van der Waals surface area contributed by atoms with Crippen LogP contribution in [-0.4, -0.2) is 6.54 Å². The average Bonchev–Trinajstić information content (AvgIpc) is 2.86. The third-order valence-corrected chi connectivity index (χ3v) is 4.68. The highest BCUT2D eigenvalue weighted by Crippen LogP contribution is 2.34. The lowest BCUT2D eigenvalue weighted by atomic mass is 9.97. The van der Waals surface area contributed by atoms with Crippen molar-refractivity contribution in [2.24, 2.45) is 0 Å². The number of benzene rings is 1. The van der Waals surface area contributed by atoms with Crippen molar-refractivity contribution in [1.82, 2.24) is 5.32 Å². The van der Waals surface area contributed by atoms with Crippen LogP contribution >= 0.6 is 22.9 Å². The van der Waals surface area contributed by atoms with Gasteiger partial charge < -0.3 is 5.32 Å². The van der Waals surface area contributed by atoms with E-state index in [4.69, 9.17) is 11.6 Å². The molecule has 1 atom stereocenters. The number of rotatable bonds is 6. The zero-order valence-corrected chi connectivity index (χ0v) is 13.0. The Morgan fingerprint density at radius 2 is 2.00 bits per heavy atom. The van der Waals surface area contributed by atoms with E-state index in [1.807, 2.05) is 6.07 Å². The molecule has 0 aliphatic heterocycles. The average molecular weight is 294 g/mol. The van der Waals surface area contributed by atoms with Crippen molar-refractivity contribution >= 4 is 22.9 Å². The van der Waals surface area contributed by atoms with E-state index in [9.17, 15) is 0 Å². The summed E-state index contributed by atoms with van der Waals surface area (Å²) in [5.74, 6) is 0. The fraction of sp³-hybridized carbons (Fsp3) is 0.375. The summed E-state index contributed by atoms with van der Waals surface area (Å²) in [6.45, 7) is 5.38. The SMILES string of the molecule is CCCNC(c1ccccc1CC)c1sccc1Cl. The predicted molar refractivity (Wildman–Crippen MR) is 85.3 cm³/mol. The molecular formula is C16H20ClNS. The summed E-state index contributed by atoms with van der Waals surface area (Å²) >= 11 is 8.06. The lowest BCUT2D eigenvalue weighted by Crippen LogP contribution is -2.23. The van der Waals surface area contributed by atoms with Crippen LogP contribution < -0.4 is 5.32 Å². The van der Waals surface area contributed by atoms with Gasteiger partial charge in [-0.05, 0) is 42.0 Å². The molecule has 0 saturated heterocycles. The van der Waals surface area contributed by atoms with Gasteiger partial charge in [0, 0.05) is 4.88 Å². The van der Waals surface area contributed by atoms with Crippen LogP contribution in [0.4, 0.5) is 0 Å². The molecule has 3 heteroatoms. The summed E-state index contributed by atoms with van der Waals surface area (Å²) < 4.78 is 0. The highest BCUT2D eigenvalue weighted by Gasteiger charge is 2.19. The molecule has 0 bridgehead atoms. The van der Waals surface area contributed by atoms with Crippen molar-refractivity contribution in [1.29, 1.82) is 0 Å². The van der Waals surface area contributed by atoms with Gasteiger partial charge in [-0.2, -0.15) is 0 Å². The number of hydrogen-bond acceptors (Lipinski definition) is 2. The smallest absolute Gasteiger partial charge is 0.0688 e. The number of thiophene rings is 1. The predicted octanol–water partition coefficient (Wildman–Crippen LogP) is 5.05. The zero-order valence-electron chi connectivity index (χ0n) is 11.4. The molecule has 0 saturated carbocycles. The third kappa shape index (κ3) is 3.38. The molecule has 0 aliphatic rings. The maximum Gasteiger partial charge on any atom is 0.0688 e. The normalized spacial score (nSPS) is 12.6. The molecular weight excluding hydrogens is 274 g/mol. The Balaban J connectivity index is 2.40. The molecule has 0 amide bonds. The van der Waals surface area contributed by atoms with Gasteiger partial charge in [-0.15, -0.1) is 11.3 Å². The Labute approximate surface area is 124 Å². The topological polar surface area (TPSA) is 12.0 Å². The van der Waals surface area contributed by atoms with Gasteiger partial charge in [-0.3, -0.25) is 0 Å². The summed E-state index contributed by atoms with van der Waals surface area (Å²) in [5, 5.41) is 6.56. The Hall–Kier alpha value is -0.830. The molecule has 0 radical (unpaired) electrons. The van der Waals surface area contributed by atoms with Crippen LogP contribution in [0, 0.1) is 0 Å². The van der Waals surface area contributed by atoms with Gasteiger partial charge in [0.15, 0.2) is 0 Å². The fourth-order valence-corrected chi connectivity index (χ4v) is 3.54. The second-order valence-corrected chi connectivity index (χ2v) is 5.93. The van der Waals surface area contributed by atoms with Crippen LogP contribution in [0.1, 0.15) is 42.3 Å². The first-order valence-corrected chi connectivity index (χ1v) is 8.07. The Kier molecular flexibility index (Phi) is 5.44. The van der Waals surface area contributed by atoms with Crippen molar-refractivity contribution in [3.63, 3.8) is 0 Å². The lowest BCUT2D eigenvalue weighted by molar-refractivity contribution is 0.602. The van der Waals surface area contributed by atoms with Crippen LogP contribution in [0.3, 0.4) is 0 Å². The maximum atomic E-state index is 6.33. The molecule has 1 aromatic heterocycles. The highest BCUT2D eigenvalue weighted by atomic mass is 35.5. The fourth-order valence-electron chi connectivity index (χ4n) is 2.28. The van der Waals surface area contributed by atoms with Crippen molar-refractivity contribution in [2.75, 3.05) is 6.54 Å². The Morgan fingerprint density at radius 3 is 2.63 bits per heavy atom. The van der Waals surface area contributed by atoms with Crippen molar-refractivity contribution in [3.05, 3.63) is 56.7 Å². The van der Waals surface area contributed by atoms with Gasteiger partial charge in [0.2, 0.25) is 0 Å². The molecule has 0 fully saturated rings. The van der Waals surface area contributed by atoms with Crippen molar-refractivity contribution in [2.45, 2.75) is 32.7 Å². The van der Waals surface area contributed by atoms with Gasteiger partial charge >= 0.3 is 0 Å². The second kappa shape index (κ2) is 7.09. The monoisotopic (exact) mass is 293 g/mol. The van der Waals surface area contributed by atoms with Crippen molar-refractivity contribution < 1.29 is 0 Å². The quantitative estimate of drug-likeness (QED) is 0.785. The minimum atomic E-state index is 0.212. The Bertz CT molecular complexity index is 521. The highest BCUT2D eigenvalue weighted by molar-refractivity contribution is 7.10. The van der Waals surface area contributed by atoms with E-state index in [0.717, 1.165) is 24.4 Å². The number of aryl methyl sites for hydroxylation is 1. The van der Waals surface area contributed by atoms with Gasteiger partial charge in [0.1, 0.15) is 0 Å². The van der Waals surface area contributed by atoms with Crippen LogP contribution in [0.5, 0.6) is 0 Å². The molecule has 1 aromatic carbocycles. The molecule has 1 heterocycles. The van der Waals surface area contributed by atoms with Crippen molar-refractivity contribution in [3.8, 4) is 0 Å². The van der Waals surface area contributed by atoms with Gasteiger partial charge in [-0.1, -0.05) is 49.7 Å². The van der Waals surface area contributed by atoms with Crippen LogP contribution in [-0.2, 0) is 6.42 Å². The summed E-state index contributed by atoms with van der Waals surface area (Å²) in [7, 11) is 0. The van der Waals surface area contributed by atoms with E-state index in [-0.39, 0.29) is 6.04 Å². The second-order valence-electron chi connectivity index (χ2n) is 4.57. The molecule has 102 valence electrons. The van der Waals surface area contributed by atoms with Gasteiger partial charge in [-0.25, -0.2) is 0 Å². The van der Waals surface area contributed by atoms with E-state index < -0.39 is 0 Å².